The summed E-state index contributed by atoms with van der Waals surface area (Å²) in [6.45, 7) is 1.91. The highest BCUT2D eigenvalue weighted by atomic mass is 19.4. The number of rotatable bonds is 9. The monoisotopic (exact) mass is 514 g/mol. The SMILES string of the molecule is CCOc1cc(/C=C(\C#N)c2ccc(OC)c(OC)c2)ccc1Oc1ccc(C(F)(F)F)cc1[N+](=O)[O-]. The van der Waals surface area contributed by atoms with E-state index in [0.717, 1.165) is 6.07 Å². The number of nitriles is 1. The van der Waals surface area contributed by atoms with Gasteiger partial charge in [-0.1, -0.05) is 6.07 Å². The molecule has 0 amide bonds. The van der Waals surface area contributed by atoms with Crippen molar-refractivity contribution in [3.63, 3.8) is 0 Å². The van der Waals surface area contributed by atoms with Gasteiger partial charge < -0.3 is 18.9 Å². The summed E-state index contributed by atoms with van der Waals surface area (Å²) in [6.07, 6.45) is -3.16. The van der Waals surface area contributed by atoms with Crippen LogP contribution in [0, 0.1) is 21.4 Å². The van der Waals surface area contributed by atoms with Gasteiger partial charge in [0.15, 0.2) is 23.0 Å². The molecule has 0 radical (unpaired) electrons. The first-order valence-corrected chi connectivity index (χ1v) is 10.8. The molecule has 0 aliphatic rings. The lowest BCUT2D eigenvalue weighted by Gasteiger charge is -2.14. The molecule has 0 aromatic heterocycles. The second-order valence-corrected chi connectivity index (χ2v) is 7.42. The molecule has 0 spiro atoms. The Hall–Kier alpha value is -4.72. The van der Waals surface area contributed by atoms with Crippen molar-refractivity contribution in [3.05, 3.63) is 81.4 Å². The summed E-state index contributed by atoms with van der Waals surface area (Å²) < 4.78 is 60.7. The summed E-state index contributed by atoms with van der Waals surface area (Å²) in [5, 5.41) is 21.1. The van der Waals surface area contributed by atoms with Crippen molar-refractivity contribution in [1.29, 1.82) is 5.26 Å². The Morgan fingerprint density at radius 3 is 2.24 bits per heavy atom. The number of nitro benzene ring substituents is 1. The number of benzene rings is 3. The maximum absolute atomic E-state index is 13.0. The average molecular weight is 514 g/mol. The summed E-state index contributed by atoms with van der Waals surface area (Å²) in [6, 6.07) is 13.7. The van der Waals surface area contributed by atoms with E-state index in [9.17, 15) is 28.5 Å². The molecule has 0 saturated carbocycles. The van der Waals surface area contributed by atoms with Crippen LogP contribution in [-0.2, 0) is 6.18 Å². The predicted octanol–water partition coefficient (Wildman–Crippen LogP) is 6.89. The Kier molecular flexibility index (Phi) is 8.24. The lowest BCUT2D eigenvalue weighted by atomic mass is 10.0. The largest absolute Gasteiger partial charge is 0.493 e. The van der Waals surface area contributed by atoms with Crippen LogP contribution in [0.3, 0.4) is 0 Å². The molecule has 8 nitrogen and oxygen atoms in total. The van der Waals surface area contributed by atoms with Gasteiger partial charge in [0.2, 0.25) is 5.75 Å². The van der Waals surface area contributed by atoms with Crippen molar-refractivity contribution in [2.24, 2.45) is 0 Å². The van der Waals surface area contributed by atoms with Crippen LogP contribution in [0.5, 0.6) is 28.7 Å². The molecule has 0 aliphatic heterocycles. The third kappa shape index (κ3) is 6.29. The highest BCUT2D eigenvalue weighted by molar-refractivity contribution is 5.90. The Bertz CT molecular complexity index is 1380. The van der Waals surface area contributed by atoms with Gasteiger partial charge in [-0.3, -0.25) is 10.1 Å². The lowest BCUT2D eigenvalue weighted by Crippen LogP contribution is -2.06. The number of allylic oxidation sites excluding steroid dienone is 1. The van der Waals surface area contributed by atoms with E-state index in [0.29, 0.717) is 40.3 Å². The number of alkyl halides is 3. The zero-order chi connectivity index (χ0) is 27.2. The molecule has 37 heavy (non-hydrogen) atoms. The normalized spacial score (nSPS) is 11.4. The maximum Gasteiger partial charge on any atom is 0.416 e. The first-order valence-electron chi connectivity index (χ1n) is 10.8. The van der Waals surface area contributed by atoms with E-state index in [1.165, 1.54) is 20.3 Å². The van der Waals surface area contributed by atoms with Gasteiger partial charge in [0.1, 0.15) is 0 Å². The van der Waals surface area contributed by atoms with Crippen molar-refractivity contribution in [2.75, 3.05) is 20.8 Å². The molecule has 0 aliphatic carbocycles. The smallest absolute Gasteiger partial charge is 0.416 e. The molecule has 0 saturated heterocycles. The molecule has 0 N–H and O–H groups in total. The Morgan fingerprint density at radius 1 is 0.973 bits per heavy atom. The summed E-state index contributed by atoms with van der Waals surface area (Å²) in [5.74, 6) is 0.783. The molecular weight excluding hydrogens is 493 g/mol. The molecule has 3 rings (SSSR count). The van der Waals surface area contributed by atoms with Gasteiger partial charge in [0.25, 0.3) is 0 Å². The fourth-order valence-corrected chi connectivity index (χ4v) is 3.36. The minimum absolute atomic E-state index is 0.0477. The van der Waals surface area contributed by atoms with Crippen molar-refractivity contribution in [3.8, 4) is 34.8 Å². The van der Waals surface area contributed by atoms with Crippen LogP contribution in [-0.4, -0.2) is 25.7 Å². The van der Waals surface area contributed by atoms with E-state index >= 15 is 0 Å². The minimum Gasteiger partial charge on any atom is -0.493 e. The Morgan fingerprint density at radius 2 is 1.65 bits per heavy atom. The van der Waals surface area contributed by atoms with E-state index in [1.54, 1.807) is 43.3 Å². The first-order chi connectivity index (χ1) is 17.6. The quantitative estimate of drug-likeness (QED) is 0.133. The number of ether oxygens (including phenoxy) is 4. The van der Waals surface area contributed by atoms with Crippen molar-refractivity contribution in [2.45, 2.75) is 13.1 Å². The molecular formula is C26H21F3N2O6. The molecule has 0 heterocycles. The molecule has 0 atom stereocenters. The molecule has 11 heteroatoms. The van der Waals surface area contributed by atoms with Gasteiger partial charge >= 0.3 is 11.9 Å². The Balaban J connectivity index is 2.00. The second-order valence-electron chi connectivity index (χ2n) is 7.42. The minimum atomic E-state index is -4.75. The summed E-state index contributed by atoms with van der Waals surface area (Å²) >= 11 is 0. The predicted molar refractivity (Wildman–Crippen MR) is 129 cm³/mol. The first kappa shape index (κ1) is 26.9. The molecule has 0 bridgehead atoms. The number of nitro groups is 1. The molecule has 0 unspecified atom stereocenters. The number of hydrogen-bond acceptors (Lipinski definition) is 7. The Labute approximate surface area is 210 Å². The number of halogens is 3. The highest BCUT2D eigenvalue weighted by Gasteiger charge is 2.33. The molecule has 192 valence electrons. The number of methoxy groups -OCH3 is 2. The van der Waals surface area contributed by atoms with Crippen molar-refractivity contribution >= 4 is 17.3 Å². The van der Waals surface area contributed by atoms with Gasteiger partial charge in [-0.15, -0.1) is 0 Å². The summed E-state index contributed by atoms with van der Waals surface area (Å²) in [7, 11) is 2.97. The van der Waals surface area contributed by atoms with Crippen molar-refractivity contribution < 1.29 is 37.0 Å². The van der Waals surface area contributed by atoms with Gasteiger partial charge in [-0.2, -0.15) is 18.4 Å². The summed E-state index contributed by atoms with van der Waals surface area (Å²) in [4.78, 5) is 10.4. The van der Waals surface area contributed by atoms with Gasteiger partial charge in [-0.25, -0.2) is 0 Å². The van der Waals surface area contributed by atoms with E-state index in [1.807, 2.05) is 0 Å². The van der Waals surface area contributed by atoms with Crippen LogP contribution in [0.1, 0.15) is 23.6 Å². The van der Waals surface area contributed by atoms with E-state index in [2.05, 4.69) is 6.07 Å². The van der Waals surface area contributed by atoms with Gasteiger partial charge in [0.05, 0.1) is 43.0 Å². The zero-order valence-electron chi connectivity index (χ0n) is 20.0. The number of nitrogens with zero attached hydrogens (tertiary/aromatic N) is 2. The van der Waals surface area contributed by atoms with Crippen LogP contribution in [0.2, 0.25) is 0 Å². The average Bonchev–Trinajstić information content (AvgIpc) is 2.87. The van der Waals surface area contributed by atoms with Crippen molar-refractivity contribution in [1.82, 2.24) is 0 Å². The topological polar surface area (TPSA) is 104 Å². The molecule has 3 aromatic carbocycles. The van der Waals surface area contributed by atoms with Crippen LogP contribution >= 0.6 is 0 Å². The fraction of sp³-hybridized carbons (Fsp3) is 0.192. The zero-order valence-corrected chi connectivity index (χ0v) is 20.0. The van der Waals surface area contributed by atoms with Crippen LogP contribution in [0.25, 0.3) is 11.6 Å². The lowest BCUT2D eigenvalue weighted by molar-refractivity contribution is -0.385. The third-order valence-electron chi connectivity index (χ3n) is 5.10. The van der Waals surface area contributed by atoms with Gasteiger partial charge in [-0.05, 0) is 66.6 Å². The fourth-order valence-electron chi connectivity index (χ4n) is 3.36. The van der Waals surface area contributed by atoms with E-state index < -0.39 is 22.4 Å². The third-order valence-corrected chi connectivity index (χ3v) is 5.10. The highest BCUT2D eigenvalue weighted by Crippen LogP contribution is 2.40. The van der Waals surface area contributed by atoms with Crippen LogP contribution < -0.4 is 18.9 Å². The second kappa shape index (κ2) is 11.3. The van der Waals surface area contributed by atoms with Crippen LogP contribution in [0.4, 0.5) is 18.9 Å². The molecule has 3 aromatic rings. The van der Waals surface area contributed by atoms with E-state index in [4.69, 9.17) is 18.9 Å². The van der Waals surface area contributed by atoms with Gasteiger partial charge in [0, 0.05) is 6.07 Å². The van der Waals surface area contributed by atoms with E-state index in [-0.39, 0.29) is 23.9 Å². The molecule has 0 fully saturated rings. The number of hydrogen-bond donors (Lipinski definition) is 0. The maximum atomic E-state index is 13.0. The summed E-state index contributed by atoms with van der Waals surface area (Å²) in [5.41, 5.74) is -0.601. The van der Waals surface area contributed by atoms with Crippen LogP contribution in [0.15, 0.2) is 54.6 Å². The standard InChI is InChI=1S/C26H21F3N2O6/c1-4-36-25-12-16(11-18(15-30)17-6-9-22(34-2)24(13-17)35-3)5-8-23(25)37-21-10-7-19(26(27,28)29)14-20(21)31(32)33/h5-14H,4H2,1-3H3/b18-11+.